The van der Waals surface area contributed by atoms with Crippen molar-refractivity contribution in [2.45, 2.75) is 26.3 Å². The van der Waals surface area contributed by atoms with Gasteiger partial charge in [-0.25, -0.2) is 9.37 Å². The quantitative estimate of drug-likeness (QED) is 0.802. The van der Waals surface area contributed by atoms with Crippen molar-refractivity contribution in [3.63, 3.8) is 0 Å². The number of halogens is 2. The summed E-state index contributed by atoms with van der Waals surface area (Å²) >= 11 is 7.58. The molecule has 7 heteroatoms. The number of benzene rings is 1. The van der Waals surface area contributed by atoms with E-state index < -0.39 is 5.82 Å². The summed E-state index contributed by atoms with van der Waals surface area (Å²) in [6.45, 7) is 7.73. The molecule has 1 fully saturated rings. The molecular weight excluding hydrogens is 361 g/mol. The Balaban J connectivity index is 1.57. The van der Waals surface area contributed by atoms with E-state index in [2.05, 4.69) is 29.1 Å². The number of carbonyl (C=O) groups excluding carboxylic acids is 1. The predicted octanol–water partition coefficient (Wildman–Crippen LogP) is 4.02. The second-order valence-electron chi connectivity index (χ2n) is 6.52. The molecule has 4 nitrogen and oxygen atoms in total. The van der Waals surface area contributed by atoms with E-state index in [-0.39, 0.29) is 11.5 Å². The van der Waals surface area contributed by atoms with Gasteiger partial charge in [-0.05, 0) is 18.2 Å². The van der Waals surface area contributed by atoms with E-state index in [0.717, 1.165) is 30.3 Å². The van der Waals surface area contributed by atoms with E-state index in [9.17, 15) is 9.18 Å². The summed E-state index contributed by atoms with van der Waals surface area (Å²) in [5.74, 6) is -0.378. The maximum atomic E-state index is 13.9. The van der Waals surface area contributed by atoms with Gasteiger partial charge in [-0.15, -0.1) is 11.3 Å². The summed E-state index contributed by atoms with van der Waals surface area (Å²) in [4.78, 5) is 21.1. The number of thiazole rings is 1. The molecule has 0 bridgehead atoms. The second-order valence-corrected chi connectivity index (χ2v) is 7.85. The fraction of sp³-hybridized carbons (Fsp3) is 0.444. The lowest BCUT2D eigenvalue weighted by atomic mass is 10.1. The van der Waals surface area contributed by atoms with Crippen LogP contribution in [-0.4, -0.2) is 46.9 Å². The van der Waals surface area contributed by atoms with Gasteiger partial charge < -0.3 is 4.90 Å². The normalized spacial score (nSPS) is 15.8. The Kier molecular flexibility index (Phi) is 5.71. The highest BCUT2D eigenvalue weighted by Crippen LogP contribution is 2.21. The zero-order valence-corrected chi connectivity index (χ0v) is 15.9. The Morgan fingerprint density at radius 3 is 2.68 bits per heavy atom. The van der Waals surface area contributed by atoms with Crippen molar-refractivity contribution < 1.29 is 9.18 Å². The molecule has 0 spiro atoms. The number of nitrogens with zero attached hydrogens (tertiary/aromatic N) is 3. The molecule has 0 aliphatic carbocycles. The zero-order valence-electron chi connectivity index (χ0n) is 14.3. The number of amides is 1. The zero-order chi connectivity index (χ0) is 18.0. The van der Waals surface area contributed by atoms with Crippen LogP contribution in [0.15, 0.2) is 23.6 Å². The predicted molar refractivity (Wildman–Crippen MR) is 98.8 cm³/mol. The van der Waals surface area contributed by atoms with Gasteiger partial charge in [-0.3, -0.25) is 9.69 Å². The highest BCUT2D eigenvalue weighted by molar-refractivity contribution is 7.09. The fourth-order valence-electron chi connectivity index (χ4n) is 2.83. The fourth-order valence-corrected chi connectivity index (χ4v) is 3.83. The Hall–Kier alpha value is -1.50. The lowest BCUT2D eigenvalue weighted by molar-refractivity contribution is 0.0622. The summed E-state index contributed by atoms with van der Waals surface area (Å²) in [6.07, 6.45) is 0. The largest absolute Gasteiger partial charge is 0.336 e. The molecule has 1 saturated heterocycles. The maximum Gasteiger partial charge on any atom is 0.256 e. The monoisotopic (exact) mass is 381 g/mol. The lowest BCUT2D eigenvalue weighted by Crippen LogP contribution is -2.48. The minimum atomic E-state index is -0.527. The molecule has 2 aromatic rings. The molecule has 0 N–H and O–H groups in total. The Morgan fingerprint density at radius 2 is 2.04 bits per heavy atom. The highest BCUT2D eigenvalue weighted by Gasteiger charge is 2.24. The number of piperazine rings is 1. The van der Waals surface area contributed by atoms with Crippen LogP contribution in [0, 0.1) is 5.82 Å². The average molecular weight is 382 g/mol. The van der Waals surface area contributed by atoms with Crippen molar-refractivity contribution in [3.8, 4) is 0 Å². The van der Waals surface area contributed by atoms with Crippen LogP contribution in [0.1, 0.15) is 40.8 Å². The van der Waals surface area contributed by atoms with E-state index in [1.54, 1.807) is 16.2 Å². The first kappa shape index (κ1) is 18.3. The summed E-state index contributed by atoms with van der Waals surface area (Å²) in [7, 11) is 0. The number of carbonyl (C=O) groups is 1. The number of hydrogen-bond donors (Lipinski definition) is 0. The molecule has 0 saturated carbocycles. The molecule has 1 aliphatic heterocycles. The minimum Gasteiger partial charge on any atom is -0.336 e. The highest BCUT2D eigenvalue weighted by atomic mass is 35.5. The van der Waals surface area contributed by atoms with Crippen molar-refractivity contribution in [2.75, 3.05) is 26.2 Å². The van der Waals surface area contributed by atoms with Gasteiger partial charge in [0.1, 0.15) is 5.82 Å². The van der Waals surface area contributed by atoms with Crippen molar-refractivity contribution in [3.05, 3.63) is 50.7 Å². The van der Waals surface area contributed by atoms with E-state index in [1.165, 1.54) is 18.2 Å². The van der Waals surface area contributed by atoms with Crippen molar-refractivity contribution in [1.29, 1.82) is 0 Å². The second kappa shape index (κ2) is 7.81. The Labute approximate surface area is 156 Å². The van der Waals surface area contributed by atoms with Crippen LogP contribution in [0.25, 0.3) is 0 Å². The van der Waals surface area contributed by atoms with Crippen LogP contribution in [0.2, 0.25) is 5.02 Å². The third-order valence-electron chi connectivity index (χ3n) is 4.27. The van der Waals surface area contributed by atoms with Gasteiger partial charge in [-0.2, -0.15) is 0 Å². The average Bonchev–Trinajstić information content (AvgIpc) is 3.06. The van der Waals surface area contributed by atoms with Crippen molar-refractivity contribution in [1.82, 2.24) is 14.8 Å². The van der Waals surface area contributed by atoms with Crippen LogP contribution >= 0.6 is 22.9 Å². The minimum absolute atomic E-state index is 0.0435. The molecule has 1 aliphatic rings. The molecular formula is C18H21ClFN3OS. The maximum absolute atomic E-state index is 13.9. The number of rotatable bonds is 4. The van der Waals surface area contributed by atoms with E-state index >= 15 is 0 Å². The third-order valence-corrected chi connectivity index (χ3v) is 5.70. The number of aromatic nitrogens is 1. The van der Waals surface area contributed by atoms with Crippen LogP contribution < -0.4 is 0 Å². The van der Waals surface area contributed by atoms with E-state index in [4.69, 9.17) is 11.6 Å². The first-order chi connectivity index (χ1) is 11.9. The van der Waals surface area contributed by atoms with Gasteiger partial charge in [0.05, 0.1) is 16.3 Å². The van der Waals surface area contributed by atoms with Gasteiger partial charge in [0.2, 0.25) is 0 Å². The molecule has 0 atom stereocenters. The van der Waals surface area contributed by atoms with Gasteiger partial charge in [0, 0.05) is 49.0 Å². The van der Waals surface area contributed by atoms with Gasteiger partial charge in [0.15, 0.2) is 0 Å². The molecule has 0 radical (unpaired) electrons. The summed E-state index contributed by atoms with van der Waals surface area (Å²) < 4.78 is 13.9. The third kappa shape index (κ3) is 4.37. The molecule has 2 heterocycles. The summed E-state index contributed by atoms with van der Waals surface area (Å²) in [5.41, 5.74) is 1.12. The summed E-state index contributed by atoms with van der Waals surface area (Å²) in [6, 6.07) is 4.08. The van der Waals surface area contributed by atoms with Gasteiger partial charge in [-0.1, -0.05) is 25.4 Å². The molecule has 1 aromatic heterocycles. The van der Waals surface area contributed by atoms with Crippen molar-refractivity contribution >= 4 is 28.8 Å². The molecule has 3 rings (SSSR count). The first-order valence-corrected chi connectivity index (χ1v) is 9.61. The van der Waals surface area contributed by atoms with Crippen LogP contribution in [0.5, 0.6) is 0 Å². The Morgan fingerprint density at radius 1 is 1.32 bits per heavy atom. The van der Waals surface area contributed by atoms with E-state index in [1.807, 2.05) is 0 Å². The number of hydrogen-bond acceptors (Lipinski definition) is 4. The van der Waals surface area contributed by atoms with Crippen LogP contribution in [-0.2, 0) is 6.54 Å². The van der Waals surface area contributed by atoms with Gasteiger partial charge in [0.25, 0.3) is 5.91 Å². The topological polar surface area (TPSA) is 36.4 Å². The molecule has 1 amide bonds. The van der Waals surface area contributed by atoms with Crippen LogP contribution in [0.4, 0.5) is 4.39 Å². The smallest absolute Gasteiger partial charge is 0.256 e. The summed E-state index contributed by atoms with van der Waals surface area (Å²) in [5, 5.41) is 3.63. The van der Waals surface area contributed by atoms with Crippen LogP contribution in [0.3, 0.4) is 0 Å². The standard InChI is InChI=1S/C18H21ClFN3OS/c1-12(2)17-21-14(11-25-17)10-22-5-7-23(8-6-22)18(24)15-9-13(19)3-4-16(15)20/h3-4,9,11-12H,5-8,10H2,1-2H3. The lowest BCUT2D eigenvalue weighted by Gasteiger charge is -2.34. The Bertz CT molecular complexity index is 757. The molecule has 134 valence electrons. The van der Waals surface area contributed by atoms with E-state index in [0.29, 0.717) is 24.0 Å². The SMILES string of the molecule is CC(C)c1nc(CN2CCN(C(=O)c3cc(Cl)ccc3F)CC2)cs1. The van der Waals surface area contributed by atoms with Crippen molar-refractivity contribution in [2.24, 2.45) is 0 Å². The molecule has 0 unspecified atom stereocenters. The van der Waals surface area contributed by atoms with Gasteiger partial charge >= 0.3 is 0 Å². The molecule has 25 heavy (non-hydrogen) atoms. The first-order valence-electron chi connectivity index (χ1n) is 8.35. The molecule has 1 aromatic carbocycles.